The van der Waals surface area contributed by atoms with Gasteiger partial charge in [0.05, 0.1) is 6.07 Å². The quantitative estimate of drug-likeness (QED) is 0.694. The van der Waals surface area contributed by atoms with Gasteiger partial charge in [-0.25, -0.2) is 0 Å². The van der Waals surface area contributed by atoms with Crippen molar-refractivity contribution in [3.05, 3.63) is 0 Å². The molecular weight excluding hydrogens is 162 g/mol. The summed E-state index contributed by atoms with van der Waals surface area (Å²) in [7, 11) is 0. The molecule has 1 heterocycles. The molecule has 1 N–H and O–H groups in total. The molecule has 2 rings (SSSR count). The van der Waals surface area contributed by atoms with E-state index in [2.05, 4.69) is 23.2 Å². The number of nitriles is 1. The van der Waals surface area contributed by atoms with Crippen LogP contribution in [-0.2, 0) is 0 Å². The maximum absolute atomic E-state index is 9.13. The average Bonchev–Trinajstić information content (AvgIpc) is 2.90. The second-order valence-electron chi connectivity index (χ2n) is 4.18. The lowest BCUT2D eigenvalue weighted by atomic mass is 10.0. The van der Waals surface area contributed by atoms with Crippen LogP contribution in [0, 0.1) is 11.3 Å². The fraction of sp³-hybridized carbons (Fsp3) is 0.900. The summed E-state index contributed by atoms with van der Waals surface area (Å²) >= 11 is 0. The van der Waals surface area contributed by atoms with Crippen LogP contribution in [0.5, 0.6) is 0 Å². The standard InChI is InChI=1S/C10H17N3/c1-2-12-10(7-11)5-6-13(8-10)9-3-4-9/h9,12H,2-6,8H2,1H3. The molecule has 1 saturated carbocycles. The van der Waals surface area contributed by atoms with Crippen molar-refractivity contribution in [3.8, 4) is 6.07 Å². The van der Waals surface area contributed by atoms with Crippen LogP contribution in [-0.4, -0.2) is 36.1 Å². The van der Waals surface area contributed by atoms with E-state index in [1.54, 1.807) is 0 Å². The van der Waals surface area contributed by atoms with Crippen molar-refractivity contribution in [1.29, 1.82) is 5.26 Å². The van der Waals surface area contributed by atoms with Crippen molar-refractivity contribution in [3.63, 3.8) is 0 Å². The Morgan fingerprint density at radius 2 is 2.38 bits per heavy atom. The molecule has 3 heteroatoms. The summed E-state index contributed by atoms with van der Waals surface area (Å²) in [4.78, 5) is 2.46. The molecular formula is C10H17N3. The third-order valence-electron chi connectivity index (χ3n) is 3.09. The van der Waals surface area contributed by atoms with E-state index in [1.165, 1.54) is 12.8 Å². The van der Waals surface area contributed by atoms with E-state index in [9.17, 15) is 0 Å². The average molecular weight is 179 g/mol. The van der Waals surface area contributed by atoms with Gasteiger partial charge in [0, 0.05) is 19.1 Å². The summed E-state index contributed by atoms with van der Waals surface area (Å²) in [5.74, 6) is 0. The molecule has 0 bridgehead atoms. The molecule has 0 aromatic heterocycles. The molecule has 0 aromatic rings. The third kappa shape index (κ3) is 1.70. The molecule has 1 aliphatic heterocycles. The zero-order valence-electron chi connectivity index (χ0n) is 8.21. The monoisotopic (exact) mass is 179 g/mol. The normalized spacial score (nSPS) is 34.8. The Kier molecular flexibility index (Phi) is 2.27. The maximum Gasteiger partial charge on any atom is 0.120 e. The van der Waals surface area contributed by atoms with Crippen molar-refractivity contribution in [2.45, 2.75) is 37.8 Å². The molecule has 0 spiro atoms. The molecule has 2 fully saturated rings. The first-order valence-corrected chi connectivity index (χ1v) is 5.20. The van der Waals surface area contributed by atoms with E-state index in [1.807, 2.05) is 0 Å². The molecule has 0 radical (unpaired) electrons. The van der Waals surface area contributed by atoms with E-state index in [4.69, 9.17) is 5.26 Å². The van der Waals surface area contributed by atoms with Gasteiger partial charge in [0.15, 0.2) is 0 Å². The Balaban J connectivity index is 1.96. The fourth-order valence-corrected chi connectivity index (χ4v) is 2.20. The van der Waals surface area contributed by atoms with Crippen LogP contribution in [0.1, 0.15) is 26.2 Å². The summed E-state index contributed by atoms with van der Waals surface area (Å²) in [5, 5.41) is 12.4. The van der Waals surface area contributed by atoms with Gasteiger partial charge in [-0.15, -0.1) is 0 Å². The van der Waals surface area contributed by atoms with Crippen LogP contribution in [0.2, 0.25) is 0 Å². The first-order chi connectivity index (χ1) is 6.29. The smallest absolute Gasteiger partial charge is 0.120 e. The summed E-state index contributed by atoms with van der Waals surface area (Å²) in [6.07, 6.45) is 3.68. The molecule has 1 atom stereocenters. The summed E-state index contributed by atoms with van der Waals surface area (Å²) in [6, 6.07) is 3.24. The molecule has 1 aliphatic carbocycles. The number of likely N-dealkylation sites (tertiary alicyclic amines) is 1. The summed E-state index contributed by atoms with van der Waals surface area (Å²) < 4.78 is 0. The minimum Gasteiger partial charge on any atom is -0.299 e. The Bertz CT molecular complexity index is 229. The maximum atomic E-state index is 9.13. The minimum absolute atomic E-state index is 0.239. The molecule has 13 heavy (non-hydrogen) atoms. The first-order valence-electron chi connectivity index (χ1n) is 5.20. The van der Waals surface area contributed by atoms with Crippen molar-refractivity contribution in [2.24, 2.45) is 0 Å². The molecule has 0 amide bonds. The lowest BCUT2D eigenvalue weighted by Crippen LogP contribution is -2.46. The van der Waals surface area contributed by atoms with Crippen molar-refractivity contribution in [1.82, 2.24) is 10.2 Å². The highest BCUT2D eigenvalue weighted by atomic mass is 15.2. The van der Waals surface area contributed by atoms with Gasteiger partial charge in [-0.2, -0.15) is 5.26 Å². The van der Waals surface area contributed by atoms with E-state index in [0.717, 1.165) is 32.1 Å². The molecule has 2 aliphatic rings. The van der Waals surface area contributed by atoms with Crippen LogP contribution in [0.4, 0.5) is 0 Å². The Morgan fingerprint density at radius 1 is 1.62 bits per heavy atom. The van der Waals surface area contributed by atoms with Gasteiger partial charge in [-0.05, 0) is 25.8 Å². The third-order valence-corrected chi connectivity index (χ3v) is 3.09. The summed E-state index contributed by atoms with van der Waals surface area (Å²) in [6.45, 7) is 5.00. The van der Waals surface area contributed by atoms with E-state index >= 15 is 0 Å². The van der Waals surface area contributed by atoms with E-state index in [0.29, 0.717) is 0 Å². The number of nitrogens with zero attached hydrogens (tertiary/aromatic N) is 2. The number of nitrogens with one attached hydrogen (secondary N) is 1. The van der Waals surface area contributed by atoms with E-state index < -0.39 is 0 Å². The van der Waals surface area contributed by atoms with Crippen molar-refractivity contribution in [2.75, 3.05) is 19.6 Å². The van der Waals surface area contributed by atoms with Crippen molar-refractivity contribution >= 4 is 0 Å². The largest absolute Gasteiger partial charge is 0.299 e. The zero-order valence-corrected chi connectivity index (χ0v) is 8.21. The number of likely N-dealkylation sites (N-methyl/N-ethyl adjacent to an activating group) is 1. The topological polar surface area (TPSA) is 39.1 Å². The number of hydrogen-bond donors (Lipinski definition) is 1. The molecule has 72 valence electrons. The lowest BCUT2D eigenvalue weighted by Gasteiger charge is -2.22. The minimum atomic E-state index is -0.239. The number of hydrogen-bond acceptors (Lipinski definition) is 3. The van der Waals surface area contributed by atoms with Gasteiger partial charge in [0.25, 0.3) is 0 Å². The highest BCUT2D eigenvalue weighted by molar-refractivity contribution is 5.14. The Morgan fingerprint density at radius 3 is 2.92 bits per heavy atom. The molecule has 1 unspecified atom stereocenters. The first kappa shape index (κ1) is 8.98. The van der Waals surface area contributed by atoms with Crippen LogP contribution in [0.25, 0.3) is 0 Å². The Labute approximate surface area is 79.7 Å². The Hall–Kier alpha value is -0.590. The van der Waals surface area contributed by atoms with E-state index in [-0.39, 0.29) is 5.54 Å². The zero-order chi connectivity index (χ0) is 9.31. The van der Waals surface area contributed by atoms with Gasteiger partial charge in [-0.1, -0.05) is 6.92 Å². The SMILES string of the molecule is CCNC1(C#N)CCN(C2CC2)C1. The second kappa shape index (κ2) is 3.28. The van der Waals surface area contributed by atoms with Gasteiger partial charge < -0.3 is 0 Å². The number of rotatable bonds is 3. The lowest BCUT2D eigenvalue weighted by molar-refractivity contribution is 0.303. The molecule has 1 saturated heterocycles. The highest BCUT2D eigenvalue weighted by Gasteiger charge is 2.42. The van der Waals surface area contributed by atoms with Gasteiger partial charge >= 0.3 is 0 Å². The molecule has 3 nitrogen and oxygen atoms in total. The van der Waals surface area contributed by atoms with Crippen LogP contribution in [0.3, 0.4) is 0 Å². The van der Waals surface area contributed by atoms with Gasteiger partial charge in [0.2, 0.25) is 0 Å². The highest BCUT2D eigenvalue weighted by Crippen LogP contribution is 2.33. The summed E-state index contributed by atoms with van der Waals surface area (Å²) in [5.41, 5.74) is -0.239. The van der Waals surface area contributed by atoms with Crippen molar-refractivity contribution < 1.29 is 0 Å². The van der Waals surface area contributed by atoms with Crippen LogP contribution >= 0.6 is 0 Å². The van der Waals surface area contributed by atoms with Crippen LogP contribution < -0.4 is 5.32 Å². The molecule has 0 aromatic carbocycles. The van der Waals surface area contributed by atoms with Gasteiger partial charge in [0.1, 0.15) is 5.54 Å². The van der Waals surface area contributed by atoms with Crippen LogP contribution in [0.15, 0.2) is 0 Å². The van der Waals surface area contributed by atoms with Gasteiger partial charge in [-0.3, -0.25) is 10.2 Å². The fourth-order valence-electron chi connectivity index (χ4n) is 2.20. The predicted octanol–water partition coefficient (Wildman–Crippen LogP) is 0.726. The second-order valence-corrected chi connectivity index (χ2v) is 4.18. The predicted molar refractivity (Wildman–Crippen MR) is 51.2 cm³/mol.